The summed E-state index contributed by atoms with van der Waals surface area (Å²) in [5.41, 5.74) is 1.92. The van der Waals surface area contributed by atoms with Gasteiger partial charge in [0, 0.05) is 5.56 Å². The maximum atomic E-state index is 9.61. The predicted octanol–water partition coefficient (Wildman–Crippen LogP) is 1.21. The Kier molecular flexibility index (Phi) is 3.92. The molecule has 0 saturated carbocycles. The molecule has 0 heterocycles. The van der Waals surface area contributed by atoms with Gasteiger partial charge in [0.1, 0.15) is 5.75 Å². The second-order valence-corrected chi connectivity index (χ2v) is 3.27. The summed E-state index contributed by atoms with van der Waals surface area (Å²) < 4.78 is 0. The van der Waals surface area contributed by atoms with Crippen molar-refractivity contribution in [2.45, 2.75) is 19.4 Å². The summed E-state index contributed by atoms with van der Waals surface area (Å²) in [5.74, 6) is 0.232. The highest BCUT2D eigenvalue weighted by atomic mass is 16.3. The first kappa shape index (κ1) is 11.0. The van der Waals surface area contributed by atoms with E-state index in [1.165, 1.54) is 0 Å². The zero-order valence-electron chi connectivity index (χ0n) is 8.62. The fraction of sp³-hybridized carbons (Fsp3) is 0.455. The van der Waals surface area contributed by atoms with E-state index in [1.807, 2.05) is 12.1 Å². The summed E-state index contributed by atoms with van der Waals surface area (Å²) in [6, 6.07) is 5.30. The Morgan fingerprint density at radius 2 is 2.14 bits per heavy atom. The minimum atomic E-state index is -0.193. The Balaban J connectivity index is 3.04. The highest BCUT2D eigenvalue weighted by Gasteiger charge is 2.12. The molecule has 0 saturated heterocycles. The lowest BCUT2D eigenvalue weighted by atomic mass is 10.0. The number of aliphatic hydroxyl groups excluding tert-OH is 1. The number of aliphatic hydroxyl groups is 1. The van der Waals surface area contributed by atoms with Crippen LogP contribution in [-0.4, -0.2) is 23.9 Å². The number of likely N-dealkylation sites (N-methyl/N-ethyl adjacent to an activating group) is 1. The van der Waals surface area contributed by atoms with Crippen molar-refractivity contribution in [3.05, 3.63) is 29.3 Å². The molecule has 3 heteroatoms. The molecule has 0 bridgehead atoms. The first-order chi connectivity index (χ1) is 6.72. The van der Waals surface area contributed by atoms with Gasteiger partial charge in [0.25, 0.3) is 0 Å². The fourth-order valence-corrected chi connectivity index (χ4v) is 1.45. The van der Waals surface area contributed by atoms with Crippen molar-refractivity contribution in [1.82, 2.24) is 5.32 Å². The van der Waals surface area contributed by atoms with E-state index in [0.717, 1.165) is 17.5 Å². The SMILES string of the molecule is CCc1ccc(O)c([C@@H](CO)NC)c1. The van der Waals surface area contributed by atoms with Crippen LogP contribution in [0.2, 0.25) is 0 Å². The third-order valence-corrected chi connectivity index (χ3v) is 2.41. The molecule has 1 rings (SSSR count). The second kappa shape index (κ2) is 4.98. The topological polar surface area (TPSA) is 52.5 Å². The molecule has 0 unspecified atom stereocenters. The molecular weight excluding hydrogens is 178 g/mol. The highest BCUT2D eigenvalue weighted by molar-refractivity contribution is 5.38. The van der Waals surface area contributed by atoms with Gasteiger partial charge in [0.2, 0.25) is 0 Å². The van der Waals surface area contributed by atoms with Gasteiger partial charge in [-0.3, -0.25) is 0 Å². The number of phenols is 1. The van der Waals surface area contributed by atoms with Gasteiger partial charge in [-0.05, 0) is 25.1 Å². The zero-order valence-corrected chi connectivity index (χ0v) is 8.62. The Morgan fingerprint density at radius 3 is 2.64 bits per heavy atom. The van der Waals surface area contributed by atoms with Crippen LogP contribution in [0.3, 0.4) is 0 Å². The van der Waals surface area contributed by atoms with Crippen molar-refractivity contribution >= 4 is 0 Å². The van der Waals surface area contributed by atoms with E-state index >= 15 is 0 Å². The molecule has 0 radical (unpaired) electrons. The standard InChI is InChI=1S/C11H17NO2/c1-3-8-4-5-11(14)9(6-8)10(7-13)12-2/h4-6,10,12-14H,3,7H2,1-2H3/t10-/m1/s1. The predicted molar refractivity (Wildman–Crippen MR) is 56.4 cm³/mol. The summed E-state index contributed by atoms with van der Waals surface area (Å²) in [6.07, 6.45) is 0.926. The van der Waals surface area contributed by atoms with E-state index in [0.29, 0.717) is 0 Å². The van der Waals surface area contributed by atoms with Crippen molar-refractivity contribution in [3.63, 3.8) is 0 Å². The molecule has 78 valence electrons. The third kappa shape index (κ3) is 2.25. The van der Waals surface area contributed by atoms with Crippen LogP contribution in [0.1, 0.15) is 24.1 Å². The van der Waals surface area contributed by atoms with Crippen LogP contribution in [0.4, 0.5) is 0 Å². The Morgan fingerprint density at radius 1 is 1.43 bits per heavy atom. The lowest BCUT2D eigenvalue weighted by molar-refractivity contribution is 0.248. The average molecular weight is 195 g/mol. The minimum Gasteiger partial charge on any atom is -0.508 e. The number of nitrogens with one attached hydrogen (secondary N) is 1. The van der Waals surface area contributed by atoms with E-state index in [4.69, 9.17) is 5.11 Å². The molecule has 0 amide bonds. The van der Waals surface area contributed by atoms with Gasteiger partial charge in [0.15, 0.2) is 0 Å². The van der Waals surface area contributed by atoms with Crippen molar-refractivity contribution in [2.75, 3.05) is 13.7 Å². The molecule has 3 N–H and O–H groups in total. The summed E-state index contributed by atoms with van der Waals surface area (Å²) in [7, 11) is 1.76. The number of benzene rings is 1. The number of aryl methyl sites for hydroxylation is 1. The van der Waals surface area contributed by atoms with Gasteiger partial charge in [-0.25, -0.2) is 0 Å². The quantitative estimate of drug-likeness (QED) is 0.677. The molecule has 0 aliphatic rings. The van der Waals surface area contributed by atoms with Crippen LogP contribution >= 0.6 is 0 Å². The molecule has 0 aromatic heterocycles. The van der Waals surface area contributed by atoms with Crippen molar-refractivity contribution < 1.29 is 10.2 Å². The minimum absolute atomic E-state index is 0.0166. The monoisotopic (exact) mass is 195 g/mol. The normalized spacial score (nSPS) is 12.8. The summed E-state index contributed by atoms with van der Waals surface area (Å²) in [4.78, 5) is 0. The van der Waals surface area contributed by atoms with Crippen LogP contribution in [0.25, 0.3) is 0 Å². The highest BCUT2D eigenvalue weighted by Crippen LogP contribution is 2.25. The van der Waals surface area contributed by atoms with Gasteiger partial charge in [0.05, 0.1) is 12.6 Å². The zero-order chi connectivity index (χ0) is 10.6. The van der Waals surface area contributed by atoms with Crippen LogP contribution < -0.4 is 5.32 Å². The van der Waals surface area contributed by atoms with E-state index in [-0.39, 0.29) is 18.4 Å². The van der Waals surface area contributed by atoms with E-state index in [2.05, 4.69) is 12.2 Å². The van der Waals surface area contributed by atoms with Crippen LogP contribution in [0.5, 0.6) is 5.75 Å². The Labute approximate surface area is 84.4 Å². The molecule has 1 atom stereocenters. The maximum Gasteiger partial charge on any atom is 0.120 e. The van der Waals surface area contributed by atoms with Crippen molar-refractivity contribution in [3.8, 4) is 5.75 Å². The second-order valence-electron chi connectivity index (χ2n) is 3.27. The third-order valence-electron chi connectivity index (χ3n) is 2.41. The smallest absolute Gasteiger partial charge is 0.120 e. The number of phenolic OH excluding ortho intramolecular Hbond substituents is 1. The van der Waals surface area contributed by atoms with Crippen molar-refractivity contribution in [2.24, 2.45) is 0 Å². The van der Waals surface area contributed by atoms with Crippen molar-refractivity contribution in [1.29, 1.82) is 0 Å². The van der Waals surface area contributed by atoms with Gasteiger partial charge in [-0.1, -0.05) is 19.1 Å². The lowest BCUT2D eigenvalue weighted by Gasteiger charge is -2.15. The molecule has 0 aliphatic carbocycles. The van der Waals surface area contributed by atoms with Gasteiger partial charge >= 0.3 is 0 Å². The largest absolute Gasteiger partial charge is 0.508 e. The summed E-state index contributed by atoms with van der Waals surface area (Å²) >= 11 is 0. The molecule has 0 spiro atoms. The Hall–Kier alpha value is -1.06. The molecule has 1 aromatic rings. The molecule has 14 heavy (non-hydrogen) atoms. The average Bonchev–Trinajstić information content (AvgIpc) is 2.22. The van der Waals surface area contributed by atoms with Crippen LogP contribution in [-0.2, 0) is 6.42 Å². The number of hydrogen-bond donors (Lipinski definition) is 3. The fourth-order valence-electron chi connectivity index (χ4n) is 1.45. The number of aromatic hydroxyl groups is 1. The van der Waals surface area contributed by atoms with Crippen LogP contribution in [0.15, 0.2) is 18.2 Å². The first-order valence-electron chi connectivity index (χ1n) is 4.82. The summed E-state index contributed by atoms with van der Waals surface area (Å²) in [5, 5.41) is 21.7. The molecule has 1 aromatic carbocycles. The van der Waals surface area contributed by atoms with Gasteiger partial charge < -0.3 is 15.5 Å². The van der Waals surface area contributed by atoms with Gasteiger partial charge in [-0.15, -0.1) is 0 Å². The summed E-state index contributed by atoms with van der Waals surface area (Å²) in [6.45, 7) is 2.04. The molecule has 0 aliphatic heterocycles. The molecular formula is C11H17NO2. The number of hydrogen-bond acceptors (Lipinski definition) is 3. The molecule has 3 nitrogen and oxygen atoms in total. The van der Waals surface area contributed by atoms with E-state index in [9.17, 15) is 5.11 Å². The molecule has 0 fully saturated rings. The lowest BCUT2D eigenvalue weighted by Crippen LogP contribution is -2.20. The number of rotatable bonds is 4. The van der Waals surface area contributed by atoms with Gasteiger partial charge in [-0.2, -0.15) is 0 Å². The first-order valence-corrected chi connectivity index (χ1v) is 4.82. The maximum absolute atomic E-state index is 9.61. The van der Waals surface area contributed by atoms with E-state index in [1.54, 1.807) is 13.1 Å². The van der Waals surface area contributed by atoms with Crippen LogP contribution in [0, 0.1) is 0 Å². The Bertz CT molecular complexity index is 295. The van der Waals surface area contributed by atoms with E-state index < -0.39 is 0 Å².